The normalized spacial score (nSPS) is 24.7. The first-order valence-corrected chi connectivity index (χ1v) is 20.4. The van der Waals surface area contributed by atoms with Gasteiger partial charge in [-0.3, -0.25) is 49.0 Å². The van der Waals surface area contributed by atoms with Crippen LogP contribution in [0, 0.1) is 5.92 Å². The summed E-state index contributed by atoms with van der Waals surface area (Å²) in [7, 11) is 0. The fourth-order valence-electron chi connectivity index (χ4n) is 10.2. The average Bonchev–Trinajstić information content (AvgIpc) is 3.74. The minimum atomic E-state index is -2.49. The standard InChI is InChI=1S/C43H47F2N7O6/c1-24-16-26-17-31(53)3-4-32(26)39(51(24)23-37(44)45)35-5-2-30(20-46-35)48-12-8-25(9-13-48)41(56)49-14-10-29(11-15-49)50-21-27-18-33-34(19-28(27)22-50)43(58)52(42(33)57)36-6-7-38(54)47-40(36)55/h2-5,17-20,24-25,29,36-37,39,53H,6-16,21-23H2,1H3,(H,47,54,55)/t24-,36?,39?/m1/s1. The molecule has 2 N–H and O–H groups in total. The molecule has 6 aliphatic rings. The number of carbonyl (C=O) groups excluding carboxylic acids is 5. The van der Waals surface area contributed by atoms with E-state index in [9.17, 15) is 37.9 Å². The summed E-state index contributed by atoms with van der Waals surface area (Å²) >= 11 is 0. The van der Waals surface area contributed by atoms with Crippen LogP contribution in [0.3, 0.4) is 0 Å². The summed E-state index contributed by atoms with van der Waals surface area (Å²) in [6, 6.07) is 11.3. The van der Waals surface area contributed by atoms with Gasteiger partial charge in [-0.05, 0) is 104 Å². The lowest BCUT2D eigenvalue weighted by Gasteiger charge is -2.41. The summed E-state index contributed by atoms with van der Waals surface area (Å²) in [4.78, 5) is 78.7. The van der Waals surface area contributed by atoms with Gasteiger partial charge in [0.05, 0.1) is 41.3 Å². The van der Waals surface area contributed by atoms with Crippen LogP contribution >= 0.6 is 0 Å². The quantitative estimate of drug-likeness (QED) is 0.337. The number of phenols is 1. The number of carbonyl (C=O) groups is 5. The lowest BCUT2D eigenvalue weighted by molar-refractivity contribution is -0.138. The highest BCUT2D eigenvalue weighted by Crippen LogP contribution is 2.40. The number of phenolic OH excluding ortho intramolecular Hbond substituents is 1. The predicted octanol–water partition coefficient (Wildman–Crippen LogP) is 4.01. The second-order valence-electron chi connectivity index (χ2n) is 16.7. The Morgan fingerprint density at radius 1 is 0.879 bits per heavy atom. The van der Waals surface area contributed by atoms with E-state index in [2.05, 4.69) is 15.1 Å². The van der Waals surface area contributed by atoms with Crippen LogP contribution in [0.4, 0.5) is 14.5 Å². The second kappa shape index (κ2) is 15.1. The van der Waals surface area contributed by atoms with Crippen molar-refractivity contribution in [3.05, 3.63) is 87.7 Å². The van der Waals surface area contributed by atoms with Gasteiger partial charge >= 0.3 is 0 Å². The number of pyridine rings is 1. The first-order valence-electron chi connectivity index (χ1n) is 20.4. The summed E-state index contributed by atoms with van der Waals surface area (Å²) < 4.78 is 27.4. The summed E-state index contributed by atoms with van der Waals surface area (Å²) in [5.74, 6) is -1.73. The third-order valence-electron chi connectivity index (χ3n) is 13.2. The van der Waals surface area contributed by atoms with Crippen molar-refractivity contribution in [1.82, 2.24) is 29.9 Å². The Balaban J connectivity index is 0.776. The molecule has 0 saturated carbocycles. The minimum Gasteiger partial charge on any atom is -0.508 e. The molecule has 3 aromatic rings. The number of amides is 5. The van der Waals surface area contributed by atoms with Crippen LogP contribution in [0.1, 0.15) is 100 Å². The maximum atomic E-state index is 13.7. The van der Waals surface area contributed by atoms with E-state index in [1.165, 1.54) is 0 Å². The van der Waals surface area contributed by atoms with E-state index >= 15 is 0 Å². The highest BCUT2D eigenvalue weighted by Gasteiger charge is 2.46. The molecule has 2 unspecified atom stereocenters. The second-order valence-corrected chi connectivity index (χ2v) is 16.7. The van der Waals surface area contributed by atoms with Crippen LogP contribution in [-0.4, -0.2) is 117 Å². The van der Waals surface area contributed by atoms with Crippen LogP contribution in [0.25, 0.3) is 0 Å². The van der Waals surface area contributed by atoms with Gasteiger partial charge in [-0.25, -0.2) is 8.78 Å². The van der Waals surface area contributed by atoms with Crippen LogP contribution in [-0.2, 0) is 33.9 Å². The van der Waals surface area contributed by atoms with E-state index in [-0.39, 0.29) is 49.0 Å². The van der Waals surface area contributed by atoms with E-state index < -0.39 is 42.1 Å². The topological polar surface area (TPSA) is 147 Å². The molecule has 0 spiro atoms. The highest BCUT2D eigenvalue weighted by molar-refractivity contribution is 6.23. The van der Waals surface area contributed by atoms with Crippen molar-refractivity contribution in [2.24, 2.45) is 5.92 Å². The molecule has 6 aliphatic heterocycles. The third-order valence-corrected chi connectivity index (χ3v) is 13.2. The van der Waals surface area contributed by atoms with Crippen molar-refractivity contribution >= 4 is 35.2 Å². The zero-order valence-electron chi connectivity index (χ0n) is 32.4. The van der Waals surface area contributed by atoms with E-state index in [4.69, 9.17) is 4.98 Å². The molecule has 0 bridgehead atoms. The molecule has 9 rings (SSSR count). The number of imide groups is 2. The van der Waals surface area contributed by atoms with E-state index in [0.717, 1.165) is 58.5 Å². The van der Waals surface area contributed by atoms with Crippen LogP contribution in [0.15, 0.2) is 48.7 Å². The Labute approximate surface area is 335 Å². The zero-order chi connectivity index (χ0) is 40.4. The maximum absolute atomic E-state index is 13.7. The monoisotopic (exact) mass is 795 g/mol. The molecule has 0 aliphatic carbocycles. The predicted molar refractivity (Wildman–Crippen MR) is 207 cm³/mol. The lowest BCUT2D eigenvalue weighted by atomic mass is 9.86. The first kappa shape index (κ1) is 38.2. The molecule has 2 aromatic carbocycles. The summed E-state index contributed by atoms with van der Waals surface area (Å²) in [6.07, 6.45) is 3.19. The first-order chi connectivity index (χ1) is 27.9. The molecule has 13 nitrogen and oxygen atoms in total. The van der Waals surface area contributed by atoms with Gasteiger partial charge < -0.3 is 14.9 Å². The van der Waals surface area contributed by atoms with Gasteiger partial charge in [-0.15, -0.1) is 0 Å². The number of alkyl halides is 2. The molecule has 3 fully saturated rings. The minimum absolute atomic E-state index is 0.0622. The van der Waals surface area contributed by atoms with Gasteiger partial charge in [0.1, 0.15) is 11.8 Å². The summed E-state index contributed by atoms with van der Waals surface area (Å²) in [5.41, 5.74) is 6.02. The number of aromatic nitrogens is 1. The summed E-state index contributed by atoms with van der Waals surface area (Å²) in [6.45, 7) is 5.59. The van der Waals surface area contributed by atoms with Crippen LogP contribution in [0.5, 0.6) is 5.75 Å². The smallest absolute Gasteiger partial charge is 0.262 e. The Hall–Kier alpha value is -5.28. The lowest BCUT2D eigenvalue weighted by Crippen LogP contribution is -2.54. The number of rotatable bonds is 7. The average molecular weight is 796 g/mol. The van der Waals surface area contributed by atoms with Crippen molar-refractivity contribution < 1.29 is 37.9 Å². The molecule has 0 radical (unpaired) electrons. The Bertz CT molecular complexity index is 2120. The zero-order valence-corrected chi connectivity index (χ0v) is 32.4. The molecule has 58 heavy (non-hydrogen) atoms. The third kappa shape index (κ3) is 6.91. The molecule has 3 saturated heterocycles. The molecule has 304 valence electrons. The molecule has 1 aromatic heterocycles. The van der Waals surface area contributed by atoms with Crippen molar-refractivity contribution in [2.45, 2.75) is 95.6 Å². The molecular formula is C43H47F2N7O6. The fraction of sp³-hybridized carbons (Fsp3) is 0.488. The SMILES string of the molecule is C[C@@H]1Cc2cc(O)ccc2C(c2ccc(N3CCC(C(=O)N4CCC(N5Cc6cc7c(cc6C5)C(=O)N(C5CCC(=O)NC5=O)C7=O)CC4)CC3)cn2)N1CC(F)F. The number of halogens is 2. The van der Waals surface area contributed by atoms with Gasteiger partial charge in [0, 0.05) is 63.7 Å². The van der Waals surface area contributed by atoms with Gasteiger partial charge in [0.15, 0.2) is 0 Å². The molecule has 7 heterocycles. The van der Waals surface area contributed by atoms with E-state index in [1.807, 2.05) is 30.0 Å². The molecule has 3 atom stereocenters. The number of likely N-dealkylation sites (tertiary alicyclic amines) is 1. The number of hydrogen-bond acceptors (Lipinski definition) is 10. The number of piperidine rings is 3. The van der Waals surface area contributed by atoms with Crippen molar-refractivity contribution in [3.8, 4) is 5.75 Å². The number of aromatic hydroxyl groups is 1. The summed E-state index contributed by atoms with van der Waals surface area (Å²) in [5, 5.41) is 12.3. The van der Waals surface area contributed by atoms with Crippen LogP contribution < -0.4 is 10.2 Å². The Morgan fingerprint density at radius 3 is 2.19 bits per heavy atom. The number of nitrogens with one attached hydrogen (secondary N) is 1. The number of benzene rings is 2. The van der Waals surface area contributed by atoms with Gasteiger partial charge in [0.25, 0.3) is 18.2 Å². The Kier molecular flexibility index (Phi) is 9.99. The van der Waals surface area contributed by atoms with Crippen molar-refractivity contribution in [2.75, 3.05) is 37.6 Å². The van der Waals surface area contributed by atoms with Gasteiger partial charge in [-0.1, -0.05) is 6.07 Å². The largest absolute Gasteiger partial charge is 0.508 e. The van der Waals surface area contributed by atoms with Crippen molar-refractivity contribution in [3.63, 3.8) is 0 Å². The highest BCUT2D eigenvalue weighted by atomic mass is 19.3. The van der Waals surface area contributed by atoms with Crippen LogP contribution in [0.2, 0.25) is 0 Å². The van der Waals surface area contributed by atoms with E-state index in [0.29, 0.717) is 62.5 Å². The van der Waals surface area contributed by atoms with Gasteiger partial charge in [0.2, 0.25) is 17.7 Å². The van der Waals surface area contributed by atoms with Crippen molar-refractivity contribution in [1.29, 1.82) is 0 Å². The van der Waals surface area contributed by atoms with Gasteiger partial charge in [-0.2, -0.15) is 0 Å². The number of fused-ring (bicyclic) bond motifs is 3. The molecule has 15 heteroatoms. The molecule has 5 amide bonds. The number of hydrogen-bond donors (Lipinski definition) is 2. The number of nitrogens with zero attached hydrogens (tertiary/aromatic N) is 6. The molecular weight excluding hydrogens is 749 g/mol. The van der Waals surface area contributed by atoms with E-state index in [1.54, 1.807) is 35.4 Å². The maximum Gasteiger partial charge on any atom is 0.262 e. The Morgan fingerprint density at radius 2 is 1.57 bits per heavy atom. The fourth-order valence-corrected chi connectivity index (χ4v) is 10.2. The number of anilines is 1.